The molecule has 0 aromatic heterocycles. The summed E-state index contributed by atoms with van der Waals surface area (Å²) in [6, 6.07) is 1.41. The van der Waals surface area contributed by atoms with E-state index in [-0.39, 0.29) is 8.80 Å². The molecule has 0 aromatic rings. The molecule has 0 amide bonds. The average Bonchev–Trinajstić information content (AvgIpc) is 2.09. The van der Waals surface area contributed by atoms with Gasteiger partial charge in [-0.1, -0.05) is 39.4 Å². The molecule has 0 aromatic carbocycles. The molecule has 0 aliphatic carbocycles. The summed E-state index contributed by atoms with van der Waals surface area (Å²) in [5.41, 5.74) is 0. The number of hydrogen-bond donors (Lipinski definition) is 0. The minimum Gasteiger partial charge on any atom is -0.103 e. The second kappa shape index (κ2) is 8.38. The molecular formula is C12H23Si. The lowest BCUT2D eigenvalue weighted by Gasteiger charge is -2.04. The maximum absolute atomic E-state index is 3.34. The Bertz CT molecular complexity index is 162. The maximum atomic E-state index is 3.34. The van der Waals surface area contributed by atoms with Gasteiger partial charge in [-0.2, -0.15) is 0 Å². The van der Waals surface area contributed by atoms with Crippen LogP contribution in [0.1, 0.15) is 39.5 Å². The Hall–Kier alpha value is -0.223. The van der Waals surface area contributed by atoms with E-state index in [2.05, 4.69) is 38.8 Å². The highest BCUT2D eigenvalue weighted by Gasteiger charge is 2.00. The van der Waals surface area contributed by atoms with E-state index in [0.717, 1.165) is 6.42 Å². The van der Waals surface area contributed by atoms with Crippen LogP contribution in [0.2, 0.25) is 19.1 Å². The normalized spacial score (nSPS) is 12.4. The van der Waals surface area contributed by atoms with Gasteiger partial charge in [0.15, 0.2) is 0 Å². The van der Waals surface area contributed by atoms with Crippen LogP contribution < -0.4 is 0 Å². The fraction of sp³-hybridized carbons (Fsp3) is 0.833. The lowest BCUT2D eigenvalue weighted by molar-refractivity contribution is 0.715. The highest BCUT2D eigenvalue weighted by Crippen LogP contribution is 2.07. The fourth-order valence-corrected chi connectivity index (χ4v) is 2.10. The minimum atomic E-state index is -0.0320. The molecule has 0 nitrogen and oxygen atoms in total. The second-order valence-electron chi connectivity index (χ2n) is 4.07. The van der Waals surface area contributed by atoms with Gasteiger partial charge in [0.2, 0.25) is 0 Å². The largest absolute Gasteiger partial charge is 0.103 e. The summed E-state index contributed by atoms with van der Waals surface area (Å²) in [4.78, 5) is 0. The lowest BCUT2D eigenvalue weighted by Crippen LogP contribution is -2.01. The van der Waals surface area contributed by atoms with Crippen molar-refractivity contribution < 1.29 is 0 Å². The zero-order valence-electron chi connectivity index (χ0n) is 9.61. The van der Waals surface area contributed by atoms with Gasteiger partial charge in [0.05, 0.1) is 0 Å². The van der Waals surface area contributed by atoms with Crippen molar-refractivity contribution in [3.8, 4) is 11.8 Å². The van der Waals surface area contributed by atoms with E-state index in [4.69, 9.17) is 0 Å². The molecule has 0 bridgehead atoms. The van der Waals surface area contributed by atoms with E-state index in [1.54, 1.807) is 0 Å². The Labute approximate surface area is 85.7 Å². The van der Waals surface area contributed by atoms with Crippen LogP contribution in [0, 0.1) is 17.8 Å². The molecule has 0 heterocycles. The molecule has 1 atom stereocenters. The monoisotopic (exact) mass is 195 g/mol. The molecule has 1 radical (unpaired) electrons. The van der Waals surface area contributed by atoms with Gasteiger partial charge in [-0.3, -0.25) is 0 Å². The van der Waals surface area contributed by atoms with Crippen molar-refractivity contribution in [2.75, 3.05) is 0 Å². The second-order valence-corrected chi connectivity index (χ2v) is 6.99. The van der Waals surface area contributed by atoms with E-state index >= 15 is 0 Å². The highest BCUT2D eigenvalue weighted by atomic mass is 28.3. The summed E-state index contributed by atoms with van der Waals surface area (Å²) in [6.07, 6.45) is 4.92. The van der Waals surface area contributed by atoms with Crippen molar-refractivity contribution in [3.63, 3.8) is 0 Å². The number of hydrogen-bond acceptors (Lipinski definition) is 0. The van der Waals surface area contributed by atoms with E-state index in [1.807, 2.05) is 0 Å². The third-order valence-corrected chi connectivity index (χ3v) is 3.37. The van der Waals surface area contributed by atoms with Crippen LogP contribution in [-0.2, 0) is 0 Å². The summed E-state index contributed by atoms with van der Waals surface area (Å²) in [5, 5.41) is 0. The van der Waals surface area contributed by atoms with Gasteiger partial charge in [-0.05, 0) is 12.8 Å². The third kappa shape index (κ3) is 9.69. The standard InChI is InChI=1S/C12H23Si/c1-5-6-7-8-9-12(2)10-11-13(3)4/h12H,5-7,10-11H2,1-4H3. The van der Waals surface area contributed by atoms with Crippen LogP contribution in [0.4, 0.5) is 0 Å². The van der Waals surface area contributed by atoms with Gasteiger partial charge in [-0.15, -0.1) is 11.8 Å². The van der Waals surface area contributed by atoms with Crippen LogP contribution in [0.5, 0.6) is 0 Å². The molecule has 0 aliphatic heterocycles. The Kier molecular flexibility index (Phi) is 8.23. The number of unbranched alkanes of at least 4 members (excludes halogenated alkanes) is 2. The molecule has 0 rings (SSSR count). The Morgan fingerprint density at radius 3 is 2.54 bits per heavy atom. The van der Waals surface area contributed by atoms with Crippen LogP contribution in [0.25, 0.3) is 0 Å². The summed E-state index contributed by atoms with van der Waals surface area (Å²) in [7, 11) is -0.0320. The van der Waals surface area contributed by atoms with Crippen molar-refractivity contribution in [1.82, 2.24) is 0 Å². The molecule has 0 saturated heterocycles. The van der Waals surface area contributed by atoms with Gasteiger partial charge in [0.1, 0.15) is 0 Å². The molecule has 13 heavy (non-hydrogen) atoms. The Morgan fingerprint density at radius 1 is 1.31 bits per heavy atom. The first-order valence-corrected chi connectivity index (χ1v) is 8.15. The molecule has 1 unspecified atom stereocenters. The molecule has 0 spiro atoms. The first kappa shape index (κ1) is 12.8. The molecule has 0 aliphatic rings. The fourth-order valence-electron chi connectivity index (χ4n) is 1.09. The molecule has 0 saturated carbocycles. The Morgan fingerprint density at radius 2 is 2.00 bits per heavy atom. The SMILES string of the molecule is CCCCC#CC(C)CC[Si](C)C. The van der Waals surface area contributed by atoms with Crippen molar-refractivity contribution in [2.24, 2.45) is 5.92 Å². The quantitative estimate of drug-likeness (QED) is 0.354. The molecule has 1 heteroatoms. The van der Waals surface area contributed by atoms with Gasteiger partial charge >= 0.3 is 0 Å². The Balaban J connectivity index is 3.46. The van der Waals surface area contributed by atoms with E-state index in [1.165, 1.54) is 25.3 Å². The molecule has 75 valence electrons. The van der Waals surface area contributed by atoms with Gasteiger partial charge in [-0.25, -0.2) is 0 Å². The van der Waals surface area contributed by atoms with E-state index < -0.39 is 0 Å². The van der Waals surface area contributed by atoms with Crippen LogP contribution in [0.3, 0.4) is 0 Å². The lowest BCUT2D eigenvalue weighted by atomic mass is 10.1. The maximum Gasteiger partial charge on any atom is 0.0413 e. The van der Waals surface area contributed by atoms with Crippen molar-refractivity contribution in [1.29, 1.82) is 0 Å². The summed E-state index contributed by atoms with van der Waals surface area (Å²) >= 11 is 0. The van der Waals surface area contributed by atoms with Crippen molar-refractivity contribution in [3.05, 3.63) is 0 Å². The third-order valence-electron chi connectivity index (χ3n) is 2.08. The zero-order valence-corrected chi connectivity index (χ0v) is 10.6. The molecule has 0 N–H and O–H groups in total. The van der Waals surface area contributed by atoms with E-state index in [9.17, 15) is 0 Å². The smallest absolute Gasteiger partial charge is 0.0413 e. The predicted molar refractivity (Wildman–Crippen MR) is 63.4 cm³/mol. The van der Waals surface area contributed by atoms with Gasteiger partial charge < -0.3 is 0 Å². The zero-order chi connectivity index (χ0) is 10.1. The van der Waals surface area contributed by atoms with Crippen LogP contribution in [-0.4, -0.2) is 8.80 Å². The van der Waals surface area contributed by atoms with Crippen molar-refractivity contribution in [2.45, 2.75) is 58.7 Å². The summed E-state index contributed by atoms with van der Waals surface area (Å²) < 4.78 is 0. The average molecular weight is 195 g/mol. The summed E-state index contributed by atoms with van der Waals surface area (Å²) in [6.45, 7) is 9.22. The first-order valence-electron chi connectivity index (χ1n) is 5.44. The molecular weight excluding hydrogens is 172 g/mol. The predicted octanol–water partition coefficient (Wildman–Crippen LogP) is 3.96. The van der Waals surface area contributed by atoms with Gasteiger partial charge in [0.25, 0.3) is 0 Å². The van der Waals surface area contributed by atoms with E-state index in [0.29, 0.717) is 5.92 Å². The van der Waals surface area contributed by atoms with Crippen molar-refractivity contribution >= 4 is 8.80 Å². The van der Waals surface area contributed by atoms with Gasteiger partial charge in [0, 0.05) is 21.1 Å². The molecule has 0 fully saturated rings. The van der Waals surface area contributed by atoms with Crippen LogP contribution in [0.15, 0.2) is 0 Å². The highest BCUT2D eigenvalue weighted by molar-refractivity contribution is 6.55. The first-order chi connectivity index (χ1) is 6.16. The van der Waals surface area contributed by atoms with Crippen LogP contribution >= 0.6 is 0 Å². The topological polar surface area (TPSA) is 0 Å². The minimum absolute atomic E-state index is 0.0320. The summed E-state index contributed by atoms with van der Waals surface area (Å²) in [5.74, 6) is 7.23. The number of rotatable bonds is 5.